The minimum Gasteiger partial charge on any atom is -0.457 e. The number of nitrogens with one attached hydrogen (secondary N) is 2. The molecule has 146 valence electrons. The van der Waals surface area contributed by atoms with Crippen molar-refractivity contribution in [1.29, 1.82) is 0 Å². The van der Waals surface area contributed by atoms with Gasteiger partial charge < -0.3 is 15.4 Å². The number of hydrogen-bond acceptors (Lipinski definition) is 3. The van der Waals surface area contributed by atoms with E-state index in [2.05, 4.69) is 53.1 Å². The normalized spacial score (nSPS) is 18.9. The largest absolute Gasteiger partial charge is 0.457 e. The van der Waals surface area contributed by atoms with Gasteiger partial charge in [-0.1, -0.05) is 66.7 Å². The van der Waals surface area contributed by atoms with E-state index >= 15 is 0 Å². The summed E-state index contributed by atoms with van der Waals surface area (Å²) in [6, 6.07) is 29.7. The highest BCUT2D eigenvalue weighted by Gasteiger charge is 2.25. The number of benzene rings is 3. The van der Waals surface area contributed by atoms with E-state index in [0.717, 1.165) is 24.6 Å². The van der Waals surface area contributed by atoms with Crippen LogP contribution in [-0.2, 0) is 6.54 Å². The van der Waals surface area contributed by atoms with E-state index in [1.165, 1.54) is 24.0 Å². The van der Waals surface area contributed by atoms with E-state index in [1.807, 2.05) is 42.5 Å². The molecule has 0 spiro atoms. The highest BCUT2D eigenvalue weighted by atomic mass is 35.5. The van der Waals surface area contributed by atoms with Gasteiger partial charge in [-0.3, -0.25) is 0 Å². The van der Waals surface area contributed by atoms with Gasteiger partial charge in [-0.15, -0.1) is 12.4 Å². The predicted molar refractivity (Wildman–Crippen MR) is 117 cm³/mol. The molecule has 0 radical (unpaired) electrons. The second-order valence-electron chi connectivity index (χ2n) is 6.99. The molecule has 0 aliphatic carbocycles. The zero-order valence-corrected chi connectivity index (χ0v) is 16.7. The second kappa shape index (κ2) is 10.3. The van der Waals surface area contributed by atoms with Crippen molar-refractivity contribution in [3.8, 4) is 11.5 Å². The molecule has 1 fully saturated rings. The van der Waals surface area contributed by atoms with Crippen LogP contribution in [0.2, 0.25) is 0 Å². The number of hydrogen-bond donors (Lipinski definition) is 2. The Morgan fingerprint density at radius 2 is 1.54 bits per heavy atom. The molecule has 2 atom stereocenters. The molecule has 2 N–H and O–H groups in total. The Balaban J connectivity index is 0.00000225. The quantitative estimate of drug-likeness (QED) is 0.580. The van der Waals surface area contributed by atoms with Gasteiger partial charge in [-0.05, 0) is 43.1 Å². The van der Waals surface area contributed by atoms with Gasteiger partial charge >= 0.3 is 0 Å². The Morgan fingerprint density at radius 3 is 2.32 bits per heavy atom. The molecule has 3 nitrogen and oxygen atoms in total. The molecule has 0 amide bonds. The summed E-state index contributed by atoms with van der Waals surface area (Å²) < 4.78 is 6.11. The molecular weight excluding hydrogens is 368 g/mol. The fourth-order valence-corrected chi connectivity index (χ4v) is 3.72. The molecule has 1 heterocycles. The predicted octanol–water partition coefficient (Wildman–Crippen LogP) is 5.48. The van der Waals surface area contributed by atoms with Gasteiger partial charge in [0.2, 0.25) is 0 Å². The number of ether oxygens (including phenoxy) is 1. The fraction of sp³-hybridized carbons (Fsp3) is 0.250. The smallest absolute Gasteiger partial charge is 0.131 e. The lowest BCUT2D eigenvalue weighted by Gasteiger charge is -2.34. The fourth-order valence-electron chi connectivity index (χ4n) is 3.72. The Kier molecular flexibility index (Phi) is 7.49. The Bertz CT molecular complexity index is 841. The molecule has 0 saturated carbocycles. The summed E-state index contributed by atoms with van der Waals surface area (Å²) in [6.07, 6.45) is 2.37. The molecule has 0 unspecified atom stereocenters. The summed E-state index contributed by atoms with van der Waals surface area (Å²) >= 11 is 0. The lowest BCUT2D eigenvalue weighted by atomic mass is 9.92. The summed E-state index contributed by atoms with van der Waals surface area (Å²) in [7, 11) is 0. The topological polar surface area (TPSA) is 33.3 Å². The minimum absolute atomic E-state index is 0. The third-order valence-corrected chi connectivity index (χ3v) is 5.12. The van der Waals surface area contributed by atoms with E-state index < -0.39 is 0 Å². The van der Waals surface area contributed by atoms with E-state index in [-0.39, 0.29) is 12.4 Å². The molecule has 3 aromatic rings. The van der Waals surface area contributed by atoms with Crippen molar-refractivity contribution in [2.75, 3.05) is 6.54 Å². The maximum absolute atomic E-state index is 6.11. The SMILES string of the molecule is Cl.c1ccc(Oc2ccccc2CN[C@H]2CCCN[C@H]2c2ccccc2)cc1. The van der Waals surface area contributed by atoms with Crippen LogP contribution in [0, 0.1) is 0 Å². The van der Waals surface area contributed by atoms with E-state index in [9.17, 15) is 0 Å². The van der Waals surface area contributed by atoms with Gasteiger partial charge in [0.1, 0.15) is 11.5 Å². The lowest BCUT2D eigenvalue weighted by molar-refractivity contribution is 0.303. The van der Waals surface area contributed by atoms with Crippen LogP contribution in [0.25, 0.3) is 0 Å². The lowest BCUT2D eigenvalue weighted by Crippen LogP contribution is -2.45. The molecule has 4 heteroatoms. The van der Waals surface area contributed by atoms with Crippen molar-refractivity contribution >= 4 is 12.4 Å². The first-order chi connectivity index (χ1) is 13.4. The Morgan fingerprint density at radius 1 is 0.857 bits per heavy atom. The van der Waals surface area contributed by atoms with Crippen LogP contribution in [0.4, 0.5) is 0 Å². The van der Waals surface area contributed by atoms with Gasteiger partial charge in [0.15, 0.2) is 0 Å². The zero-order chi connectivity index (χ0) is 18.3. The first-order valence-electron chi connectivity index (χ1n) is 9.73. The number of rotatable bonds is 6. The second-order valence-corrected chi connectivity index (χ2v) is 6.99. The zero-order valence-electron chi connectivity index (χ0n) is 15.9. The first-order valence-corrected chi connectivity index (χ1v) is 9.73. The maximum Gasteiger partial charge on any atom is 0.131 e. The molecule has 1 aliphatic rings. The Hall–Kier alpha value is -2.33. The van der Waals surface area contributed by atoms with Crippen LogP contribution in [0.15, 0.2) is 84.9 Å². The number of para-hydroxylation sites is 2. The van der Waals surface area contributed by atoms with Gasteiger partial charge in [-0.25, -0.2) is 0 Å². The summed E-state index contributed by atoms with van der Waals surface area (Å²) in [5, 5.41) is 7.45. The first kappa shape index (κ1) is 20.4. The molecule has 1 saturated heterocycles. The van der Waals surface area contributed by atoms with Crippen LogP contribution in [0.5, 0.6) is 11.5 Å². The number of piperidine rings is 1. The average molecular weight is 395 g/mol. The summed E-state index contributed by atoms with van der Waals surface area (Å²) in [5.41, 5.74) is 2.53. The molecule has 3 aromatic carbocycles. The average Bonchev–Trinajstić information content (AvgIpc) is 2.75. The van der Waals surface area contributed by atoms with Gasteiger partial charge in [0.05, 0.1) is 0 Å². The van der Waals surface area contributed by atoms with Crippen LogP contribution < -0.4 is 15.4 Å². The van der Waals surface area contributed by atoms with Crippen molar-refractivity contribution in [3.05, 3.63) is 96.1 Å². The molecule has 0 bridgehead atoms. The Labute approximate surface area is 173 Å². The summed E-state index contributed by atoms with van der Waals surface area (Å²) in [6.45, 7) is 1.87. The highest BCUT2D eigenvalue weighted by Crippen LogP contribution is 2.27. The van der Waals surface area contributed by atoms with Gasteiger partial charge in [0, 0.05) is 24.2 Å². The third-order valence-electron chi connectivity index (χ3n) is 5.12. The van der Waals surface area contributed by atoms with Crippen LogP contribution in [-0.4, -0.2) is 12.6 Å². The minimum atomic E-state index is 0. The molecule has 1 aliphatic heterocycles. The third kappa shape index (κ3) is 5.14. The standard InChI is InChI=1S/C24H26N2O.ClH/c1-3-10-19(11-4-1)24-22(15-9-17-25-24)26-18-20-12-7-8-16-23(20)27-21-13-5-2-6-14-21;/h1-8,10-14,16,22,24-26H,9,15,17-18H2;1H/t22-,24-;/m0./s1. The monoisotopic (exact) mass is 394 g/mol. The summed E-state index contributed by atoms with van der Waals surface area (Å²) in [5.74, 6) is 1.78. The van der Waals surface area contributed by atoms with Crippen molar-refractivity contribution in [3.63, 3.8) is 0 Å². The van der Waals surface area contributed by atoms with Crippen LogP contribution in [0.1, 0.15) is 30.0 Å². The molecular formula is C24H27ClN2O. The van der Waals surface area contributed by atoms with E-state index in [0.29, 0.717) is 12.1 Å². The molecule has 4 rings (SSSR count). The highest BCUT2D eigenvalue weighted by molar-refractivity contribution is 5.85. The van der Waals surface area contributed by atoms with Crippen molar-refractivity contribution in [1.82, 2.24) is 10.6 Å². The van der Waals surface area contributed by atoms with Crippen molar-refractivity contribution in [2.45, 2.75) is 31.5 Å². The van der Waals surface area contributed by atoms with Crippen LogP contribution >= 0.6 is 12.4 Å². The van der Waals surface area contributed by atoms with Gasteiger partial charge in [0.25, 0.3) is 0 Å². The van der Waals surface area contributed by atoms with Crippen molar-refractivity contribution < 1.29 is 4.74 Å². The molecule has 0 aromatic heterocycles. The maximum atomic E-state index is 6.11. The van der Waals surface area contributed by atoms with Gasteiger partial charge in [-0.2, -0.15) is 0 Å². The van der Waals surface area contributed by atoms with Crippen molar-refractivity contribution in [2.24, 2.45) is 0 Å². The molecule has 28 heavy (non-hydrogen) atoms. The van der Waals surface area contributed by atoms with E-state index in [1.54, 1.807) is 0 Å². The van der Waals surface area contributed by atoms with Crippen LogP contribution in [0.3, 0.4) is 0 Å². The summed E-state index contributed by atoms with van der Waals surface area (Å²) in [4.78, 5) is 0. The number of halogens is 1. The van der Waals surface area contributed by atoms with E-state index in [4.69, 9.17) is 4.74 Å².